The molecule has 0 aliphatic heterocycles. The average Bonchev–Trinajstić information content (AvgIpc) is 2.18. The van der Waals surface area contributed by atoms with E-state index in [1.165, 1.54) is 0 Å². The number of amides is 1. The molecule has 0 radical (unpaired) electrons. The van der Waals surface area contributed by atoms with Gasteiger partial charge in [-0.2, -0.15) is 0 Å². The SMILES string of the molecule is CCSc1ncccc1C(=O)NC(C)C. The van der Waals surface area contributed by atoms with Gasteiger partial charge in [0, 0.05) is 12.2 Å². The van der Waals surface area contributed by atoms with Gasteiger partial charge in [0.1, 0.15) is 5.03 Å². The molecular weight excluding hydrogens is 208 g/mol. The molecule has 0 aliphatic carbocycles. The van der Waals surface area contributed by atoms with Crippen molar-refractivity contribution in [3.05, 3.63) is 23.9 Å². The third-order valence-electron chi connectivity index (χ3n) is 1.72. The van der Waals surface area contributed by atoms with Gasteiger partial charge in [0.15, 0.2) is 0 Å². The summed E-state index contributed by atoms with van der Waals surface area (Å²) in [4.78, 5) is 16.0. The highest BCUT2D eigenvalue weighted by atomic mass is 32.2. The van der Waals surface area contributed by atoms with Gasteiger partial charge in [-0.15, -0.1) is 11.8 Å². The lowest BCUT2D eigenvalue weighted by Gasteiger charge is -2.10. The van der Waals surface area contributed by atoms with Gasteiger partial charge >= 0.3 is 0 Å². The summed E-state index contributed by atoms with van der Waals surface area (Å²) >= 11 is 1.59. The first-order valence-electron chi connectivity index (χ1n) is 5.03. The summed E-state index contributed by atoms with van der Waals surface area (Å²) in [5.74, 6) is 0.868. The maximum Gasteiger partial charge on any atom is 0.254 e. The van der Waals surface area contributed by atoms with Crippen LogP contribution in [0.1, 0.15) is 31.1 Å². The summed E-state index contributed by atoms with van der Waals surface area (Å²) in [6.45, 7) is 5.94. The van der Waals surface area contributed by atoms with Crippen molar-refractivity contribution >= 4 is 17.7 Å². The van der Waals surface area contributed by atoms with Crippen molar-refractivity contribution in [1.29, 1.82) is 0 Å². The lowest BCUT2D eigenvalue weighted by molar-refractivity contribution is 0.0939. The lowest BCUT2D eigenvalue weighted by Crippen LogP contribution is -2.30. The van der Waals surface area contributed by atoms with Gasteiger partial charge < -0.3 is 5.32 Å². The van der Waals surface area contributed by atoms with Gasteiger partial charge in [-0.3, -0.25) is 4.79 Å². The number of carbonyl (C=O) groups excluding carboxylic acids is 1. The van der Waals surface area contributed by atoms with Crippen molar-refractivity contribution in [2.24, 2.45) is 0 Å². The Morgan fingerprint density at radius 2 is 2.33 bits per heavy atom. The van der Waals surface area contributed by atoms with E-state index in [-0.39, 0.29) is 11.9 Å². The summed E-state index contributed by atoms with van der Waals surface area (Å²) in [5.41, 5.74) is 0.665. The average molecular weight is 224 g/mol. The van der Waals surface area contributed by atoms with E-state index in [0.29, 0.717) is 5.56 Å². The van der Waals surface area contributed by atoms with E-state index >= 15 is 0 Å². The summed E-state index contributed by atoms with van der Waals surface area (Å²) in [5, 5.41) is 3.67. The number of thioether (sulfide) groups is 1. The van der Waals surface area contributed by atoms with Crippen molar-refractivity contribution in [3.8, 4) is 0 Å². The van der Waals surface area contributed by atoms with Crippen LogP contribution in [0.15, 0.2) is 23.4 Å². The molecule has 1 aromatic rings. The first kappa shape index (κ1) is 12.0. The third-order valence-corrected chi connectivity index (χ3v) is 2.60. The maximum atomic E-state index is 11.8. The highest BCUT2D eigenvalue weighted by Crippen LogP contribution is 2.19. The Hall–Kier alpha value is -1.03. The third kappa shape index (κ3) is 3.55. The zero-order valence-corrected chi connectivity index (χ0v) is 10.1. The largest absolute Gasteiger partial charge is 0.350 e. The number of nitrogens with one attached hydrogen (secondary N) is 1. The van der Waals surface area contributed by atoms with Crippen molar-refractivity contribution in [1.82, 2.24) is 10.3 Å². The van der Waals surface area contributed by atoms with Crippen LogP contribution in [-0.2, 0) is 0 Å². The minimum absolute atomic E-state index is 0.0472. The number of hydrogen-bond donors (Lipinski definition) is 1. The van der Waals surface area contributed by atoms with Crippen LogP contribution in [0.3, 0.4) is 0 Å². The molecule has 0 atom stereocenters. The molecule has 0 unspecified atom stereocenters. The molecule has 0 spiro atoms. The maximum absolute atomic E-state index is 11.8. The smallest absolute Gasteiger partial charge is 0.254 e. The molecular formula is C11H16N2OS. The zero-order chi connectivity index (χ0) is 11.3. The molecule has 0 bridgehead atoms. The van der Waals surface area contributed by atoms with E-state index in [1.54, 1.807) is 24.0 Å². The van der Waals surface area contributed by atoms with E-state index < -0.39 is 0 Å². The normalized spacial score (nSPS) is 10.4. The molecule has 15 heavy (non-hydrogen) atoms. The fraction of sp³-hybridized carbons (Fsp3) is 0.455. The molecule has 0 saturated carbocycles. The highest BCUT2D eigenvalue weighted by Gasteiger charge is 2.12. The molecule has 0 aromatic carbocycles. The van der Waals surface area contributed by atoms with E-state index in [1.807, 2.05) is 26.8 Å². The van der Waals surface area contributed by atoms with Crippen LogP contribution in [0.5, 0.6) is 0 Å². The van der Waals surface area contributed by atoms with E-state index in [9.17, 15) is 4.79 Å². The van der Waals surface area contributed by atoms with Crippen LogP contribution < -0.4 is 5.32 Å². The predicted octanol–water partition coefficient (Wildman–Crippen LogP) is 2.33. The Morgan fingerprint density at radius 3 is 2.93 bits per heavy atom. The van der Waals surface area contributed by atoms with E-state index in [2.05, 4.69) is 10.3 Å². The Kier molecular flexibility index (Phi) is 4.62. The number of aromatic nitrogens is 1. The summed E-state index contributed by atoms with van der Waals surface area (Å²) in [6, 6.07) is 3.75. The first-order valence-corrected chi connectivity index (χ1v) is 6.02. The molecule has 0 fully saturated rings. The van der Waals surface area contributed by atoms with Gasteiger partial charge in [0.05, 0.1) is 5.56 Å². The van der Waals surface area contributed by atoms with Crippen LogP contribution in [0, 0.1) is 0 Å². The highest BCUT2D eigenvalue weighted by molar-refractivity contribution is 7.99. The van der Waals surface area contributed by atoms with Gasteiger partial charge in [-0.1, -0.05) is 6.92 Å². The number of hydrogen-bond acceptors (Lipinski definition) is 3. The van der Waals surface area contributed by atoms with Gasteiger partial charge in [-0.25, -0.2) is 4.98 Å². The van der Waals surface area contributed by atoms with Crippen LogP contribution >= 0.6 is 11.8 Å². The van der Waals surface area contributed by atoms with Crippen molar-refractivity contribution < 1.29 is 4.79 Å². The fourth-order valence-corrected chi connectivity index (χ4v) is 1.88. The van der Waals surface area contributed by atoms with Crippen LogP contribution in [0.4, 0.5) is 0 Å². The number of carbonyl (C=O) groups is 1. The molecule has 1 aromatic heterocycles. The minimum Gasteiger partial charge on any atom is -0.350 e. The first-order chi connectivity index (χ1) is 7.15. The second-order valence-corrected chi connectivity index (χ2v) is 4.67. The summed E-state index contributed by atoms with van der Waals surface area (Å²) in [7, 11) is 0. The second-order valence-electron chi connectivity index (χ2n) is 3.42. The van der Waals surface area contributed by atoms with E-state index in [4.69, 9.17) is 0 Å². The predicted molar refractivity (Wildman–Crippen MR) is 63.2 cm³/mol. The standard InChI is InChI=1S/C11H16N2OS/c1-4-15-11-9(6-5-7-12-11)10(14)13-8(2)3/h5-8H,4H2,1-3H3,(H,13,14). The molecule has 3 nitrogen and oxygen atoms in total. The monoisotopic (exact) mass is 224 g/mol. The quantitative estimate of drug-likeness (QED) is 0.798. The molecule has 82 valence electrons. The summed E-state index contributed by atoms with van der Waals surface area (Å²) < 4.78 is 0. The molecule has 4 heteroatoms. The summed E-state index contributed by atoms with van der Waals surface area (Å²) in [6.07, 6.45) is 1.71. The van der Waals surface area contributed by atoms with Gasteiger partial charge in [-0.05, 0) is 31.7 Å². The Morgan fingerprint density at radius 1 is 1.60 bits per heavy atom. The molecule has 1 heterocycles. The minimum atomic E-state index is -0.0472. The molecule has 1 rings (SSSR count). The van der Waals surface area contributed by atoms with Gasteiger partial charge in [0.25, 0.3) is 5.91 Å². The van der Waals surface area contributed by atoms with E-state index in [0.717, 1.165) is 10.8 Å². The van der Waals surface area contributed by atoms with Crippen molar-refractivity contribution in [2.45, 2.75) is 31.8 Å². The topological polar surface area (TPSA) is 42.0 Å². The Bertz CT molecular complexity index is 339. The number of nitrogens with zero attached hydrogens (tertiary/aromatic N) is 1. The fourth-order valence-electron chi connectivity index (χ4n) is 1.16. The van der Waals surface area contributed by atoms with Gasteiger partial charge in [0.2, 0.25) is 0 Å². The zero-order valence-electron chi connectivity index (χ0n) is 9.28. The molecule has 0 saturated heterocycles. The Labute approximate surface area is 94.7 Å². The number of pyridine rings is 1. The molecule has 1 amide bonds. The lowest BCUT2D eigenvalue weighted by atomic mass is 10.2. The van der Waals surface area contributed by atoms with Crippen LogP contribution in [-0.4, -0.2) is 22.7 Å². The number of rotatable bonds is 4. The Balaban J connectivity index is 2.87. The molecule has 1 N–H and O–H groups in total. The molecule has 0 aliphatic rings. The second kappa shape index (κ2) is 5.75. The van der Waals surface area contributed by atoms with Crippen molar-refractivity contribution in [2.75, 3.05) is 5.75 Å². The van der Waals surface area contributed by atoms with Crippen LogP contribution in [0.25, 0.3) is 0 Å². The van der Waals surface area contributed by atoms with Crippen molar-refractivity contribution in [3.63, 3.8) is 0 Å². The van der Waals surface area contributed by atoms with Crippen LogP contribution in [0.2, 0.25) is 0 Å².